The summed E-state index contributed by atoms with van der Waals surface area (Å²) in [6.07, 6.45) is 3.81. The molecule has 0 unspecified atom stereocenters. The number of pyridine rings is 1. The smallest absolute Gasteiger partial charge is 0.250 e. The van der Waals surface area contributed by atoms with E-state index >= 15 is 0 Å². The van der Waals surface area contributed by atoms with Crippen LogP contribution < -0.4 is 5.56 Å². The number of rotatable bonds is 5. The quantitative estimate of drug-likeness (QED) is 0.789. The third kappa shape index (κ3) is 4.19. The zero-order valence-corrected chi connectivity index (χ0v) is 16.6. The van der Waals surface area contributed by atoms with Gasteiger partial charge in [0.25, 0.3) is 5.56 Å². The van der Waals surface area contributed by atoms with Crippen LogP contribution in [0.25, 0.3) is 0 Å². The van der Waals surface area contributed by atoms with Gasteiger partial charge in [0.2, 0.25) is 5.91 Å². The summed E-state index contributed by atoms with van der Waals surface area (Å²) < 4.78 is 3.75. The minimum absolute atomic E-state index is 0.0479. The first-order chi connectivity index (χ1) is 13.6. The van der Waals surface area contributed by atoms with Gasteiger partial charge < -0.3 is 9.47 Å². The Morgan fingerprint density at radius 1 is 1.11 bits per heavy atom. The van der Waals surface area contributed by atoms with Gasteiger partial charge in [0, 0.05) is 44.4 Å². The van der Waals surface area contributed by atoms with Gasteiger partial charge in [-0.05, 0) is 51.4 Å². The standard InChI is InChI=1S/C21H29N5O2/c1-17-6-4-7-21(28)25(17)13-8-20(27)24-11-5-12-26-19(16-24)14-18(22-26)15-23-9-2-3-10-23/h4,6-7,14H,2-3,5,8-13,15-16H2,1H3. The number of fused-ring (bicyclic) bond motifs is 1. The van der Waals surface area contributed by atoms with Crippen LogP contribution in [0.2, 0.25) is 0 Å². The highest BCUT2D eigenvalue weighted by Crippen LogP contribution is 2.18. The number of hydrogen-bond donors (Lipinski definition) is 0. The summed E-state index contributed by atoms with van der Waals surface area (Å²) in [5.41, 5.74) is 3.07. The highest BCUT2D eigenvalue weighted by atomic mass is 16.2. The molecule has 2 aromatic heterocycles. The Morgan fingerprint density at radius 3 is 2.71 bits per heavy atom. The zero-order chi connectivity index (χ0) is 19.5. The van der Waals surface area contributed by atoms with Crippen molar-refractivity contribution in [1.82, 2.24) is 24.1 Å². The molecule has 0 radical (unpaired) electrons. The van der Waals surface area contributed by atoms with Crippen molar-refractivity contribution in [3.63, 3.8) is 0 Å². The van der Waals surface area contributed by atoms with Crippen molar-refractivity contribution in [3.8, 4) is 0 Å². The minimum Gasteiger partial charge on any atom is -0.337 e. The van der Waals surface area contributed by atoms with Crippen LogP contribution in [0, 0.1) is 6.92 Å². The number of aryl methyl sites for hydroxylation is 2. The maximum atomic E-state index is 12.8. The second-order valence-corrected chi connectivity index (χ2v) is 7.91. The topological polar surface area (TPSA) is 63.4 Å². The van der Waals surface area contributed by atoms with Gasteiger partial charge in [-0.15, -0.1) is 0 Å². The van der Waals surface area contributed by atoms with Gasteiger partial charge in [-0.25, -0.2) is 0 Å². The second-order valence-electron chi connectivity index (χ2n) is 7.91. The van der Waals surface area contributed by atoms with Crippen LogP contribution in [0.1, 0.15) is 42.8 Å². The molecular formula is C21H29N5O2. The first-order valence-corrected chi connectivity index (χ1v) is 10.3. The molecule has 2 aliphatic heterocycles. The van der Waals surface area contributed by atoms with Crippen molar-refractivity contribution >= 4 is 5.91 Å². The van der Waals surface area contributed by atoms with Crippen molar-refractivity contribution in [3.05, 3.63) is 51.7 Å². The van der Waals surface area contributed by atoms with Crippen molar-refractivity contribution < 1.29 is 4.79 Å². The largest absolute Gasteiger partial charge is 0.337 e. The van der Waals surface area contributed by atoms with Crippen LogP contribution in [0.4, 0.5) is 0 Å². The van der Waals surface area contributed by atoms with Crippen LogP contribution in [-0.4, -0.2) is 49.7 Å². The van der Waals surface area contributed by atoms with E-state index in [-0.39, 0.29) is 11.5 Å². The van der Waals surface area contributed by atoms with E-state index in [0.717, 1.165) is 56.2 Å². The molecule has 150 valence electrons. The molecule has 2 aromatic rings. The van der Waals surface area contributed by atoms with Gasteiger partial charge in [0.1, 0.15) is 0 Å². The van der Waals surface area contributed by atoms with Gasteiger partial charge in [0.05, 0.1) is 17.9 Å². The fraction of sp³-hybridized carbons (Fsp3) is 0.571. The Bertz CT molecular complexity index is 894. The number of aromatic nitrogens is 3. The van der Waals surface area contributed by atoms with Gasteiger partial charge >= 0.3 is 0 Å². The maximum Gasteiger partial charge on any atom is 0.250 e. The predicted molar refractivity (Wildman–Crippen MR) is 107 cm³/mol. The van der Waals surface area contributed by atoms with Crippen LogP contribution in [0.5, 0.6) is 0 Å². The average molecular weight is 383 g/mol. The molecule has 4 heterocycles. The van der Waals surface area contributed by atoms with Crippen LogP contribution in [-0.2, 0) is 31.0 Å². The summed E-state index contributed by atoms with van der Waals surface area (Å²) >= 11 is 0. The number of nitrogens with zero attached hydrogens (tertiary/aromatic N) is 5. The summed E-state index contributed by atoms with van der Waals surface area (Å²) in [4.78, 5) is 29.2. The summed E-state index contributed by atoms with van der Waals surface area (Å²) in [6.45, 7) is 7.76. The van der Waals surface area contributed by atoms with E-state index in [4.69, 9.17) is 5.10 Å². The molecule has 0 aliphatic carbocycles. The second kappa shape index (κ2) is 8.31. The number of carbonyl (C=O) groups excluding carboxylic acids is 1. The lowest BCUT2D eigenvalue weighted by Crippen LogP contribution is -2.32. The van der Waals surface area contributed by atoms with Crippen molar-refractivity contribution in [1.29, 1.82) is 0 Å². The van der Waals surface area contributed by atoms with E-state index < -0.39 is 0 Å². The molecule has 0 atom stereocenters. The Balaban J connectivity index is 1.39. The molecule has 0 N–H and O–H groups in total. The van der Waals surface area contributed by atoms with Crippen molar-refractivity contribution in [2.24, 2.45) is 0 Å². The number of carbonyl (C=O) groups is 1. The molecule has 7 heteroatoms. The molecule has 1 amide bonds. The Hall–Kier alpha value is -2.41. The number of amides is 1. The predicted octanol–water partition coefficient (Wildman–Crippen LogP) is 1.77. The average Bonchev–Trinajstić information content (AvgIpc) is 3.26. The summed E-state index contributed by atoms with van der Waals surface area (Å²) in [6, 6.07) is 7.36. The summed E-state index contributed by atoms with van der Waals surface area (Å²) in [7, 11) is 0. The number of likely N-dealkylation sites (tertiary alicyclic amines) is 1. The molecule has 7 nitrogen and oxygen atoms in total. The van der Waals surface area contributed by atoms with Crippen molar-refractivity contribution in [2.45, 2.75) is 58.8 Å². The first kappa shape index (κ1) is 18.9. The maximum absolute atomic E-state index is 12.8. The normalized spacial score (nSPS) is 17.5. The third-order valence-corrected chi connectivity index (χ3v) is 5.82. The van der Waals surface area contributed by atoms with E-state index in [0.29, 0.717) is 19.5 Å². The lowest BCUT2D eigenvalue weighted by molar-refractivity contribution is -0.132. The van der Waals surface area contributed by atoms with E-state index in [1.54, 1.807) is 16.7 Å². The number of hydrogen-bond acceptors (Lipinski definition) is 4. The molecule has 28 heavy (non-hydrogen) atoms. The fourth-order valence-corrected chi connectivity index (χ4v) is 4.26. The lowest BCUT2D eigenvalue weighted by atomic mass is 10.2. The zero-order valence-electron chi connectivity index (χ0n) is 16.6. The molecule has 2 aliphatic rings. The molecule has 1 fully saturated rings. The van der Waals surface area contributed by atoms with E-state index in [1.807, 2.05) is 17.9 Å². The van der Waals surface area contributed by atoms with Gasteiger partial charge in [-0.1, -0.05) is 6.07 Å². The van der Waals surface area contributed by atoms with Gasteiger partial charge in [0.15, 0.2) is 0 Å². The Kier molecular flexibility index (Phi) is 5.62. The molecule has 4 rings (SSSR count). The summed E-state index contributed by atoms with van der Waals surface area (Å²) in [5.74, 6) is 0.103. The third-order valence-electron chi connectivity index (χ3n) is 5.82. The first-order valence-electron chi connectivity index (χ1n) is 10.3. The SMILES string of the molecule is Cc1cccc(=O)n1CCC(=O)N1CCCn2nc(CN3CCCC3)cc2C1. The van der Waals surface area contributed by atoms with Crippen LogP contribution in [0.3, 0.4) is 0 Å². The lowest BCUT2D eigenvalue weighted by Gasteiger charge is -2.20. The molecular weight excluding hydrogens is 354 g/mol. The molecule has 0 spiro atoms. The highest BCUT2D eigenvalue weighted by Gasteiger charge is 2.22. The summed E-state index contributed by atoms with van der Waals surface area (Å²) in [5, 5.41) is 4.78. The van der Waals surface area contributed by atoms with Crippen LogP contribution >= 0.6 is 0 Å². The molecule has 0 bridgehead atoms. The van der Waals surface area contributed by atoms with Gasteiger partial charge in [-0.3, -0.25) is 19.2 Å². The van der Waals surface area contributed by atoms with E-state index in [9.17, 15) is 9.59 Å². The van der Waals surface area contributed by atoms with Crippen molar-refractivity contribution in [2.75, 3.05) is 19.6 Å². The molecule has 1 saturated heterocycles. The van der Waals surface area contributed by atoms with Gasteiger partial charge in [-0.2, -0.15) is 5.10 Å². The van der Waals surface area contributed by atoms with E-state index in [2.05, 4.69) is 15.6 Å². The fourth-order valence-electron chi connectivity index (χ4n) is 4.26. The van der Waals surface area contributed by atoms with E-state index in [1.165, 1.54) is 12.8 Å². The monoisotopic (exact) mass is 383 g/mol. The minimum atomic E-state index is -0.0479. The highest BCUT2D eigenvalue weighted by molar-refractivity contribution is 5.76. The molecule has 0 saturated carbocycles. The Labute approximate surface area is 165 Å². The Morgan fingerprint density at radius 2 is 1.93 bits per heavy atom. The molecule has 0 aromatic carbocycles. The van der Waals surface area contributed by atoms with Crippen LogP contribution in [0.15, 0.2) is 29.1 Å².